The van der Waals surface area contributed by atoms with Gasteiger partial charge in [0.05, 0.1) is 12.5 Å². The number of carbonyl (C=O) groups excluding carboxylic acids is 1. The van der Waals surface area contributed by atoms with E-state index in [0.717, 1.165) is 10.4 Å². The van der Waals surface area contributed by atoms with E-state index in [9.17, 15) is 9.90 Å². The molecule has 1 atom stereocenters. The first kappa shape index (κ1) is 13.8. The fraction of sp³-hybridized carbons (Fsp3) is 0.267. The van der Waals surface area contributed by atoms with Crippen LogP contribution in [0, 0.1) is 0 Å². The molecule has 1 aromatic carbocycles. The van der Waals surface area contributed by atoms with Crippen LogP contribution in [0.5, 0.6) is 0 Å². The Labute approximate surface area is 116 Å². The van der Waals surface area contributed by atoms with E-state index < -0.39 is 6.10 Å². The van der Waals surface area contributed by atoms with Crippen molar-refractivity contribution in [2.45, 2.75) is 18.9 Å². The maximum Gasteiger partial charge on any atom is 0.225 e. The van der Waals surface area contributed by atoms with Crippen molar-refractivity contribution in [3.8, 4) is 0 Å². The van der Waals surface area contributed by atoms with E-state index in [-0.39, 0.29) is 5.91 Å². The Bertz CT molecular complexity index is 496. The Morgan fingerprint density at radius 2 is 2.00 bits per heavy atom. The van der Waals surface area contributed by atoms with Gasteiger partial charge in [-0.25, -0.2) is 0 Å². The summed E-state index contributed by atoms with van der Waals surface area (Å²) in [5.41, 5.74) is 0.884. The number of aliphatic hydroxyl groups excluding tert-OH is 1. The average molecular weight is 275 g/mol. The van der Waals surface area contributed by atoms with Crippen LogP contribution < -0.4 is 5.32 Å². The van der Waals surface area contributed by atoms with Gasteiger partial charge >= 0.3 is 0 Å². The molecule has 0 radical (unpaired) electrons. The Morgan fingerprint density at radius 3 is 2.68 bits per heavy atom. The fourth-order valence-electron chi connectivity index (χ4n) is 1.82. The van der Waals surface area contributed by atoms with Gasteiger partial charge in [0.15, 0.2) is 0 Å². The maximum atomic E-state index is 11.6. The molecular weight excluding hydrogens is 258 g/mol. The standard InChI is InChI=1S/C15H17NO2S/c17-14(12-5-2-1-3-6-12)8-9-16-15(18)11-13-7-4-10-19-13/h1-7,10,14,17H,8-9,11H2,(H,16,18)/t14-/m1/s1. The highest BCUT2D eigenvalue weighted by atomic mass is 32.1. The number of rotatable bonds is 6. The summed E-state index contributed by atoms with van der Waals surface area (Å²) in [4.78, 5) is 12.7. The predicted octanol–water partition coefficient (Wildman–Crippen LogP) is 2.53. The van der Waals surface area contributed by atoms with E-state index in [1.807, 2.05) is 47.8 Å². The minimum Gasteiger partial charge on any atom is -0.388 e. The molecule has 100 valence electrons. The molecule has 1 aromatic heterocycles. The zero-order valence-corrected chi connectivity index (χ0v) is 11.4. The summed E-state index contributed by atoms with van der Waals surface area (Å²) in [5.74, 6) is 0.00251. The number of amides is 1. The third-order valence-electron chi connectivity index (χ3n) is 2.84. The van der Waals surface area contributed by atoms with Gasteiger partial charge in [0.2, 0.25) is 5.91 Å². The fourth-order valence-corrected chi connectivity index (χ4v) is 2.53. The molecule has 0 fully saturated rings. The van der Waals surface area contributed by atoms with Gasteiger partial charge < -0.3 is 10.4 Å². The molecule has 0 unspecified atom stereocenters. The van der Waals surface area contributed by atoms with Gasteiger partial charge in [-0.15, -0.1) is 11.3 Å². The lowest BCUT2D eigenvalue weighted by atomic mass is 10.1. The summed E-state index contributed by atoms with van der Waals surface area (Å²) >= 11 is 1.58. The summed E-state index contributed by atoms with van der Waals surface area (Å²) in [7, 11) is 0. The highest BCUT2D eigenvalue weighted by Gasteiger charge is 2.08. The SMILES string of the molecule is O=C(Cc1cccs1)NCC[C@@H](O)c1ccccc1. The van der Waals surface area contributed by atoms with Crippen LogP contribution in [-0.4, -0.2) is 17.6 Å². The highest BCUT2D eigenvalue weighted by Crippen LogP contribution is 2.15. The molecule has 0 saturated carbocycles. The summed E-state index contributed by atoms with van der Waals surface area (Å²) < 4.78 is 0. The van der Waals surface area contributed by atoms with Gasteiger partial charge in [-0.1, -0.05) is 36.4 Å². The number of benzene rings is 1. The van der Waals surface area contributed by atoms with Gasteiger partial charge in [0.25, 0.3) is 0 Å². The molecule has 2 N–H and O–H groups in total. The van der Waals surface area contributed by atoms with Crippen molar-refractivity contribution >= 4 is 17.2 Å². The molecule has 2 aromatic rings. The third kappa shape index (κ3) is 4.50. The van der Waals surface area contributed by atoms with Crippen molar-refractivity contribution in [3.05, 3.63) is 58.3 Å². The van der Waals surface area contributed by atoms with Gasteiger partial charge in [-0.3, -0.25) is 4.79 Å². The monoisotopic (exact) mass is 275 g/mol. The molecule has 0 spiro atoms. The molecule has 0 bridgehead atoms. The normalized spacial score (nSPS) is 12.1. The van der Waals surface area contributed by atoms with Crippen LogP contribution in [0.3, 0.4) is 0 Å². The molecular formula is C15H17NO2S. The van der Waals surface area contributed by atoms with Gasteiger partial charge in [-0.05, 0) is 23.4 Å². The number of aliphatic hydroxyl groups is 1. The van der Waals surface area contributed by atoms with E-state index >= 15 is 0 Å². The van der Waals surface area contributed by atoms with Gasteiger partial charge in [0, 0.05) is 11.4 Å². The molecule has 1 heterocycles. The summed E-state index contributed by atoms with van der Waals surface area (Å²) in [5, 5.41) is 14.7. The Morgan fingerprint density at radius 1 is 1.21 bits per heavy atom. The van der Waals surface area contributed by atoms with Crippen LogP contribution >= 0.6 is 11.3 Å². The third-order valence-corrected chi connectivity index (χ3v) is 3.72. The van der Waals surface area contributed by atoms with Crippen LogP contribution in [0.1, 0.15) is 23.0 Å². The molecule has 3 nitrogen and oxygen atoms in total. The largest absolute Gasteiger partial charge is 0.388 e. The Balaban J connectivity index is 1.70. The number of hydrogen-bond acceptors (Lipinski definition) is 3. The second-order valence-electron chi connectivity index (χ2n) is 4.32. The van der Waals surface area contributed by atoms with Crippen molar-refractivity contribution in [2.75, 3.05) is 6.54 Å². The van der Waals surface area contributed by atoms with Crippen LogP contribution in [0.4, 0.5) is 0 Å². The van der Waals surface area contributed by atoms with Crippen molar-refractivity contribution in [3.63, 3.8) is 0 Å². The van der Waals surface area contributed by atoms with E-state index in [1.54, 1.807) is 11.3 Å². The van der Waals surface area contributed by atoms with Crippen LogP contribution in [0.15, 0.2) is 47.8 Å². The maximum absolute atomic E-state index is 11.6. The molecule has 0 saturated heterocycles. The summed E-state index contributed by atoms with van der Waals surface area (Å²) in [6, 6.07) is 13.4. The van der Waals surface area contributed by atoms with Crippen LogP contribution in [0.2, 0.25) is 0 Å². The van der Waals surface area contributed by atoms with Crippen molar-refractivity contribution in [1.82, 2.24) is 5.32 Å². The van der Waals surface area contributed by atoms with Crippen LogP contribution in [0.25, 0.3) is 0 Å². The molecule has 0 aliphatic rings. The number of hydrogen-bond donors (Lipinski definition) is 2. The zero-order chi connectivity index (χ0) is 13.5. The first-order valence-corrected chi connectivity index (χ1v) is 7.16. The van der Waals surface area contributed by atoms with E-state index in [1.165, 1.54) is 0 Å². The van der Waals surface area contributed by atoms with Crippen LogP contribution in [-0.2, 0) is 11.2 Å². The van der Waals surface area contributed by atoms with Crippen molar-refractivity contribution in [1.29, 1.82) is 0 Å². The van der Waals surface area contributed by atoms with Gasteiger partial charge in [-0.2, -0.15) is 0 Å². The minimum absolute atomic E-state index is 0.00251. The van der Waals surface area contributed by atoms with E-state index in [2.05, 4.69) is 5.32 Å². The lowest BCUT2D eigenvalue weighted by Crippen LogP contribution is -2.26. The summed E-state index contributed by atoms with van der Waals surface area (Å²) in [6.45, 7) is 0.486. The first-order chi connectivity index (χ1) is 9.25. The molecule has 0 aliphatic heterocycles. The van der Waals surface area contributed by atoms with E-state index in [0.29, 0.717) is 19.4 Å². The second kappa shape index (κ2) is 7.07. The number of nitrogens with one attached hydrogen (secondary N) is 1. The second-order valence-corrected chi connectivity index (χ2v) is 5.35. The molecule has 4 heteroatoms. The summed E-state index contributed by atoms with van der Waals surface area (Å²) in [6.07, 6.45) is 0.419. The molecule has 1 amide bonds. The quantitative estimate of drug-likeness (QED) is 0.851. The predicted molar refractivity (Wildman–Crippen MR) is 77.1 cm³/mol. The van der Waals surface area contributed by atoms with Gasteiger partial charge in [0.1, 0.15) is 0 Å². The van der Waals surface area contributed by atoms with E-state index in [4.69, 9.17) is 0 Å². The Hall–Kier alpha value is -1.65. The number of carbonyl (C=O) groups is 1. The van der Waals surface area contributed by atoms with Crippen molar-refractivity contribution < 1.29 is 9.90 Å². The Kier molecular flexibility index (Phi) is 5.12. The smallest absolute Gasteiger partial charge is 0.225 e. The minimum atomic E-state index is -0.525. The molecule has 2 rings (SSSR count). The lowest BCUT2D eigenvalue weighted by Gasteiger charge is -2.11. The zero-order valence-electron chi connectivity index (χ0n) is 10.6. The first-order valence-electron chi connectivity index (χ1n) is 6.28. The lowest BCUT2D eigenvalue weighted by molar-refractivity contribution is -0.120. The highest BCUT2D eigenvalue weighted by molar-refractivity contribution is 7.10. The molecule has 19 heavy (non-hydrogen) atoms. The molecule has 0 aliphatic carbocycles. The average Bonchev–Trinajstić information content (AvgIpc) is 2.92. The van der Waals surface area contributed by atoms with Crippen molar-refractivity contribution in [2.24, 2.45) is 0 Å². The topological polar surface area (TPSA) is 49.3 Å². The number of thiophene rings is 1.